The Morgan fingerprint density at radius 2 is 2.00 bits per heavy atom. The molecule has 1 N–H and O–H groups in total. The standard InChI is InChI=1S/C22H26N2O2/c1-26-20-9-4-6-17(12-20)15-24-11-5-10-22(16-24)13-18-7-2-3-8-19(18)14-23-21(22)25/h2-4,6-9,12H,5,10-11,13-16H2,1H3,(H,23,25). The van der Waals surface area contributed by atoms with E-state index in [1.54, 1.807) is 7.11 Å². The lowest BCUT2D eigenvalue weighted by Gasteiger charge is -2.41. The van der Waals surface area contributed by atoms with Gasteiger partial charge in [-0.25, -0.2) is 0 Å². The summed E-state index contributed by atoms with van der Waals surface area (Å²) in [5.74, 6) is 1.10. The van der Waals surface area contributed by atoms with E-state index >= 15 is 0 Å². The number of carbonyl (C=O) groups excluding carboxylic acids is 1. The fourth-order valence-electron chi connectivity index (χ4n) is 4.43. The molecule has 1 spiro atoms. The van der Waals surface area contributed by atoms with E-state index in [1.165, 1.54) is 16.7 Å². The maximum Gasteiger partial charge on any atom is 0.228 e. The van der Waals surface area contributed by atoms with Crippen LogP contribution in [-0.2, 0) is 24.3 Å². The molecule has 1 fully saturated rings. The third-order valence-corrected chi connectivity index (χ3v) is 5.76. The first-order chi connectivity index (χ1) is 12.7. The summed E-state index contributed by atoms with van der Waals surface area (Å²) < 4.78 is 5.34. The Labute approximate surface area is 155 Å². The molecule has 2 aliphatic rings. The van der Waals surface area contributed by atoms with Crippen LogP contribution < -0.4 is 10.1 Å². The predicted octanol–water partition coefficient (Wildman–Crippen LogP) is 3.15. The number of carbonyl (C=O) groups is 1. The zero-order chi connectivity index (χ0) is 18.0. The van der Waals surface area contributed by atoms with Gasteiger partial charge in [0.05, 0.1) is 12.5 Å². The van der Waals surface area contributed by atoms with Crippen LogP contribution >= 0.6 is 0 Å². The number of hydrogen-bond donors (Lipinski definition) is 1. The first kappa shape index (κ1) is 17.1. The fraction of sp³-hybridized carbons (Fsp3) is 0.409. The van der Waals surface area contributed by atoms with Gasteiger partial charge in [-0.3, -0.25) is 9.69 Å². The number of amides is 1. The van der Waals surface area contributed by atoms with E-state index < -0.39 is 0 Å². The minimum atomic E-state index is -0.316. The van der Waals surface area contributed by atoms with Crippen molar-refractivity contribution in [3.63, 3.8) is 0 Å². The minimum absolute atomic E-state index is 0.212. The van der Waals surface area contributed by atoms with E-state index in [9.17, 15) is 4.79 Å². The van der Waals surface area contributed by atoms with Gasteiger partial charge in [-0.05, 0) is 54.6 Å². The number of ether oxygens (including phenoxy) is 1. The average Bonchev–Trinajstić information content (AvgIpc) is 2.79. The molecule has 1 unspecified atom stereocenters. The molecule has 136 valence electrons. The van der Waals surface area contributed by atoms with Crippen LogP contribution in [0.15, 0.2) is 48.5 Å². The molecule has 0 aromatic heterocycles. The fourth-order valence-corrected chi connectivity index (χ4v) is 4.43. The number of nitrogens with one attached hydrogen (secondary N) is 1. The number of hydrogen-bond acceptors (Lipinski definition) is 3. The molecule has 0 saturated carbocycles. The molecule has 2 aromatic carbocycles. The van der Waals surface area contributed by atoms with Gasteiger partial charge in [0.1, 0.15) is 5.75 Å². The molecular formula is C22H26N2O2. The van der Waals surface area contributed by atoms with Crippen LogP contribution in [0.2, 0.25) is 0 Å². The quantitative estimate of drug-likeness (QED) is 0.925. The van der Waals surface area contributed by atoms with E-state index in [2.05, 4.69) is 46.6 Å². The molecule has 0 bridgehead atoms. The van der Waals surface area contributed by atoms with Crippen molar-refractivity contribution in [3.05, 3.63) is 65.2 Å². The molecule has 0 aliphatic carbocycles. The first-order valence-electron chi connectivity index (χ1n) is 9.39. The lowest BCUT2D eigenvalue weighted by Crippen LogP contribution is -2.51. The lowest BCUT2D eigenvalue weighted by molar-refractivity contribution is -0.134. The monoisotopic (exact) mass is 350 g/mol. The van der Waals surface area contributed by atoms with Crippen LogP contribution in [0.5, 0.6) is 5.75 Å². The summed E-state index contributed by atoms with van der Waals surface area (Å²) in [7, 11) is 1.70. The van der Waals surface area contributed by atoms with Gasteiger partial charge >= 0.3 is 0 Å². The van der Waals surface area contributed by atoms with Crippen LogP contribution in [0.1, 0.15) is 29.5 Å². The topological polar surface area (TPSA) is 41.6 Å². The van der Waals surface area contributed by atoms with E-state index in [0.29, 0.717) is 6.54 Å². The van der Waals surface area contributed by atoms with Crippen LogP contribution in [0.25, 0.3) is 0 Å². The van der Waals surface area contributed by atoms with Gasteiger partial charge in [-0.1, -0.05) is 36.4 Å². The molecule has 2 heterocycles. The smallest absolute Gasteiger partial charge is 0.228 e. The van der Waals surface area contributed by atoms with Crippen molar-refractivity contribution in [3.8, 4) is 5.75 Å². The van der Waals surface area contributed by atoms with Crippen LogP contribution in [0, 0.1) is 5.41 Å². The third kappa shape index (κ3) is 3.34. The number of methoxy groups -OCH3 is 1. The van der Waals surface area contributed by atoms with Gasteiger partial charge in [-0.15, -0.1) is 0 Å². The van der Waals surface area contributed by atoms with Crippen molar-refractivity contribution in [2.24, 2.45) is 5.41 Å². The molecule has 2 aliphatic heterocycles. The molecule has 4 rings (SSSR count). The Bertz CT molecular complexity index is 804. The summed E-state index contributed by atoms with van der Waals surface area (Å²) in [6, 6.07) is 16.7. The zero-order valence-electron chi connectivity index (χ0n) is 15.3. The summed E-state index contributed by atoms with van der Waals surface area (Å²) in [4.78, 5) is 15.4. The molecule has 0 radical (unpaired) electrons. The Kier molecular flexibility index (Phi) is 4.68. The minimum Gasteiger partial charge on any atom is -0.497 e. The van der Waals surface area contributed by atoms with Gasteiger partial charge in [0, 0.05) is 19.6 Å². The van der Waals surface area contributed by atoms with E-state index in [4.69, 9.17) is 4.74 Å². The molecule has 2 aromatic rings. The number of rotatable bonds is 3. The highest BCUT2D eigenvalue weighted by Crippen LogP contribution is 2.37. The normalized spacial score (nSPS) is 23.2. The number of nitrogens with zero attached hydrogens (tertiary/aromatic N) is 1. The summed E-state index contributed by atoms with van der Waals surface area (Å²) in [5.41, 5.74) is 3.48. The number of likely N-dealkylation sites (tertiary alicyclic amines) is 1. The Balaban J connectivity index is 1.55. The van der Waals surface area contributed by atoms with Crippen LogP contribution in [0.3, 0.4) is 0 Å². The van der Waals surface area contributed by atoms with Crippen molar-refractivity contribution in [2.75, 3.05) is 20.2 Å². The van der Waals surface area contributed by atoms with Gasteiger partial charge < -0.3 is 10.1 Å². The Hall–Kier alpha value is -2.33. The van der Waals surface area contributed by atoms with E-state index in [1.807, 2.05) is 12.1 Å². The average molecular weight is 350 g/mol. The highest BCUT2D eigenvalue weighted by Gasteiger charge is 2.43. The highest BCUT2D eigenvalue weighted by molar-refractivity contribution is 5.84. The number of fused-ring (bicyclic) bond motifs is 1. The molecule has 1 amide bonds. The molecule has 26 heavy (non-hydrogen) atoms. The molecule has 1 saturated heterocycles. The summed E-state index contributed by atoms with van der Waals surface area (Å²) in [6.07, 6.45) is 2.85. The van der Waals surface area contributed by atoms with E-state index in [-0.39, 0.29) is 11.3 Å². The van der Waals surface area contributed by atoms with Gasteiger partial charge in [0.2, 0.25) is 5.91 Å². The van der Waals surface area contributed by atoms with Crippen molar-refractivity contribution in [2.45, 2.75) is 32.4 Å². The maximum absolute atomic E-state index is 13.0. The SMILES string of the molecule is COc1cccc(CN2CCCC3(Cc4ccccc4CNC3=O)C2)c1. The van der Waals surface area contributed by atoms with Crippen molar-refractivity contribution < 1.29 is 9.53 Å². The van der Waals surface area contributed by atoms with Crippen molar-refractivity contribution >= 4 is 5.91 Å². The maximum atomic E-state index is 13.0. The summed E-state index contributed by atoms with van der Waals surface area (Å²) in [6.45, 7) is 3.35. The van der Waals surface area contributed by atoms with Crippen LogP contribution in [0.4, 0.5) is 0 Å². The summed E-state index contributed by atoms with van der Waals surface area (Å²) >= 11 is 0. The Morgan fingerprint density at radius 1 is 1.15 bits per heavy atom. The predicted molar refractivity (Wildman–Crippen MR) is 102 cm³/mol. The van der Waals surface area contributed by atoms with Gasteiger partial charge in [0.15, 0.2) is 0 Å². The van der Waals surface area contributed by atoms with Gasteiger partial charge in [0.25, 0.3) is 0 Å². The lowest BCUT2D eigenvalue weighted by atomic mass is 9.74. The number of piperidine rings is 1. The Morgan fingerprint density at radius 3 is 2.85 bits per heavy atom. The van der Waals surface area contributed by atoms with Gasteiger partial charge in [-0.2, -0.15) is 0 Å². The van der Waals surface area contributed by atoms with Crippen molar-refractivity contribution in [1.82, 2.24) is 10.2 Å². The second-order valence-electron chi connectivity index (χ2n) is 7.57. The molecule has 1 atom stereocenters. The second kappa shape index (κ2) is 7.12. The molecular weight excluding hydrogens is 324 g/mol. The zero-order valence-corrected chi connectivity index (χ0v) is 15.3. The largest absolute Gasteiger partial charge is 0.497 e. The highest BCUT2D eigenvalue weighted by atomic mass is 16.5. The van der Waals surface area contributed by atoms with Crippen molar-refractivity contribution in [1.29, 1.82) is 0 Å². The molecule has 4 heteroatoms. The molecule has 4 nitrogen and oxygen atoms in total. The second-order valence-corrected chi connectivity index (χ2v) is 7.57. The third-order valence-electron chi connectivity index (χ3n) is 5.76. The number of benzene rings is 2. The van der Waals surface area contributed by atoms with Crippen LogP contribution in [-0.4, -0.2) is 31.0 Å². The first-order valence-corrected chi connectivity index (χ1v) is 9.39. The van der Waals surface area contributed by atoms with E-state index in [0.717, 1.165) is 44.6 Å². The summed E-state index contributed by atoms with van der Waals surface area (Å²) in [5, 5.41) is 3.18.